The van der Waals surface area contributed by atoms with Gasteiger partial charge < -0.3 is 16.4 Å². The first-order chi connectivity index (χ1) is 8.49. The molecule has 1 aromatic rings. The molecule has 0 aliphatic rings. The number of anilines is 1. The highest BCUT2D eigenvalue weighted by atomic mass is 19.1. The summed E-state index contributed by atoms with van der Waals surface area (Å²) in [5.74, 6) is -0.781. The van der Waals surface area contributed by atoms with Crippen molar-refractivity contribution in [2.75, 3.05) is 11.4 Å². The van der Waals surface area contributed by atoms with Crippen molar-refractivity contribution in [3.8, 4) is 0 Å². The first-order valence-electron chi connectivity index (χ1n) is 5.73. The van der Waals surface area contributed by atoms with E-state index in [1.807, 2.05) is 13.0 Å². The van der Waals surface area contributed by atoms with Gasteiger partial charge in [0, 0.05) is 6.54 Å². The fourth-order valence-electron chi connectivity index (χ4n) is 1.61. The highest BCUT2D eigenvalue weighted by Gasteiger charge is 2.14. The molecule has 0 unspecified atom stereocenters. The van der Waals surface area contributed by atoms with Crippen molar-refractivity contribution in [1.82, 2.24) is 0 Å². The minimum Gasteiger partial charge on any atom is -0.370 e. The van der Waals surface area contributed by atoms with Gasteiger partial charge in [0.05, 0.1) is 5.69 Å². The molecule has 0 aliphatic heterocycles. The summed E-state index contributed by atoms with van der Waals surface area (Å²) in [5.41, 5.74) is 11.6. The molecule has 0 radical (unpaired) electrons. The van der Waals surface area contributed by atoms with Crippen LogP contribution in [0.5, 0.6) is 0 Å². The second kappa shape index (κ2) is 6.00. The van der Waals surface area contributed by atoms with E-state index < -0.39 is 0 Å². The summed E-state index contributed by atoms with van der Waals surface area (Å²) in [6.07, 6.45) is 0.759. The number of halogens is 1. The van der Waals surface area contributed by atoms with E-state index in [1.165, 1.54) is 11.0 Å². The minimum atomic E-state index is -0.383. The van der Waals surface area contributed by atoms with Crippen LogP contribution in [0.4, 0.5) is 10.1 Å². The molecular weight excluding hydrogens is 233 g/mol. The number of nitrogens with two attached hydrogens (primary N) is 2. The first-order valence-corrected chi connectivity index (χ1v) is 5.73. The van der Waals surface area contributed by atoms with Crippen LogP contribution in [0.15, 0.2) is 23.2 Å². The third-order valence-corrected chi connectivity index (χ3v) is 2.52. The number of aliphatic imine (C=N–C) groups is 1. The first kappa shape index (κ1) is 14.0. The van der Waals surface area contributed by atoms with E-state index >= 15 is 0 Å². The maximum atomic E-state index is 13.9. The summed E-state index contributed by atoms with van der Waals surface area (Å²) in [6, 6.07) is 4.92. The van der Waals surface area contributed by atoms with E-state index in [0.717, 1.165) is 12.0 Å². The Bertz CT molecular complexity index is 466. The van der Waals surface area contributed by atoms with Gasteiger partial charge in [0.2, 0.25) is 5.96 Å². The van der Waals surface area contributed by atoms with Gasteiger partial charge in [0.25, 0.3) is 0 Å². The van der Waals surface area contributed by atoms with E-state index in [2.05, 4.69) is 4.99 Å². The fraction of sp³-hybridized carbons (Fsp3) is 0.333. The molecule has 1 aromatic carbocycles. The third kappa shape index (κ3) is 3.19. The van der Waals surface area contributed by atoms with E-state index in [-0.39, 0.29) is 17.7 Å². The van der Waals surface area contributed by atoms with Crippen LogP contribution in [0.3, 0.4) is 0 Å². The van der Waals surface area contributed by atoms with Crippen LogP contribution in [-0.4, -0.2) is 18.5 Å². The van der Waals surface area contributed by atoms with Gasteiger partial charge in [-0.15, -0.1) is 0 Å². The number of benzene rings is 1. The van der Waals surface area contributed by atoms with Gasteiger partial charge in [-0.1, -0.05) is 13.0 Å². The molecule has 5 nitrogen and oxygen atoms in total. The van der Waals surface area contributed by atoms with Crippen LogP contribution >= 0.6 is 0 Å². The van der Waals surface area contributed by atoms with Crippen molar-refractivity contribution in [2.45, 2.75) is 20.3 Å². The summed E-state index contributed by atoms with van der Waals surface area (Å²) in [7, 11) is 0. The molecule has 0 saturated carbocycles. The molecule has 0 spiro atoms. The lowest BCUT2D eigenvalue weighted by atomic mass is 10.1. The van der Waals surface area contributed by atoms with Crippen molar-refractivity contribution in [3.05, 3.63) is 29.6 Å². The van der Waals surface area contributed by atoms with Crippen LogP contribution in [0.2, 0.25) is 0 Å². The Morgan fingerprint density at radius 1 is 1.39 bits per heavy atom. The van der Waals surface area contributed by atoms with Crippen molar-refractivity contribution in [1.29, 1.82) is 5.41 Å². The van der Waals surface area contributed by atoms with Crippen molar-refractivity contribution >= 4 is 17.6 Å². The van der Waals surface area contributed by atoms with Crippen LogP contribution < -0.4 is 16.4 Å². The molecule has 0 heterocycles. The Morgan fingerprint density at radius 3 is 2.50 bits per heavy atom. The summed E-state index contributed by atoms with van der Waals surface area (Å²) < 4.78 is 13.9. The van der Waals surface area contributed by atoms with Gasteiger partial charge in [0.1, 0.15) is 5.82 Å². The molecule has 18 heavy (non-hydrogen) atoms. The fourth-order valence-corrected chi connectivity index (χ4v) is 1.61. The predicted molar refractivity (Wildman–Crippen MR) is 72.3 cm³/mol. The lowest BCUT2D eigenvalue weighted by Gasteiger charge is -2.21. The SMILES string of the molecule is CCc1ccc(N(CC)C(=N)N=C(N)N)c(F)c1. The number of hydrogen-bond donors (Lipinski definition) is 3. The standard InChI is InChI=1S/C12H18FN5/c1-3-8-5-6-10(9(13)7-8)18(4-2)12(16)17-11(14)15/h5-7H,3-4H2,1-2H3,(H5,14,15,16,17). The zero-order valence-electron chi connectivity index (χ0n) is 10.6. The number of guanidine groups is 2. The average molecular weight is 251 g/mol. The summed E-state index contributed by atoms with van der Waals surface area (Å²) in [5, 5.41) is 7.72. The second-order valence-electron chi connectivity index (χ2n) is 3.74. The third-order valence-electron chi connectivity index (χ3n) is 2.52. The quantitative estimate of drug-likeness (QED) is 0.560. The molecule has 1 rings (SSSR count). The van der Waals surface area contributed by atoms with E-state index in [9.17, 15) is 4.39 Å². The van der Waals surface area contributed by atoms with Gasteiger partial charge in [-0.25, -0.2) is 4.39 Å². The maximum absolute atomic E-state index is 13.9. The molecule has 0 saturated heterocycles. The zero-order valence-corrected chi connectivity index (χ0v) is 10.6. The minimum absolute atomic E-state index is 0.180. The van der Waals surface area contributed by atoms with Crippen LogP contribution in [0.1, 0.15) is 19.4 Å². The van der Waals surface area contributed by atoms with Gasteiger partial charge in [-0.05, 0) is 31.0 Å². The Labute approximate surface area is 106 Å². The number of nitrogens with one attached hydrogen (secondary N) is 1. The highest BCUT2D eigenvalue weighted by molar-refractivity contribution is 6.01. The summed E-state index contributed by atoms with van der Waals surface area (Å²) >= 11 is 0. The lowest BCUT2D eigenvalue weighted by molar-refractivity contribution is 0.624. The Kier molecular flexibility index (Phi) is 4.65. The van der Waals surface area contributed by atoms with Gasteiger partial charge in [-0.3, -0.25) is 5.41 Å². The van der Waals surface area contributed by atoms with Gasteiger partial charge >= 0.3 is 0 Å². The van der Waals surface area contributed by atoms with E-state index in [1.54, 1.807) is 13.0 Å². The van der Waals surface area contributed by atoms with Crippen molar-refractivity contribution in [2.24, 2.45) is 16.5 Å². The molecule has 5 N–H and O–H groups in total. The number of nitrogens with zero attached hydrogens (tertiary/aromatic N) is 2. The van der Waals surface area contributed by atoms with Crippen LogP contribution in [0.25, 0.3) is 0 Å². The molecule has 0 amide bonds. The lowest BCUT2D eigenvalue weighted by Crippen LogP contribution is -2.33. The second-order valence-corrected chi connectivity index (χ2v) is 3.74. The molecule has 0 fully saturated rings. The zero-order chi connectivity index (χ0) is 13.7. The predicted octanol–water partition coefficient (Wildman–Crippen LogP) is 1.42. The number of aryl methyl sites for hydroxylation is 1. The molecule has 0 bridgehead atoms. The number of hydrogen-bond acceptors (Lipinski definition) is 1. The Balaban J connectivity index is 3.09. The normalized spacial score (nSPS) is 9.94. The van der Waals surface area contributed by atoms with Crippen LogP contribution in [-0.2, 0) is 6.42 Å². The average Bonchev–Trinajstić information content (AvgIpc) is 2.31. The van der Waals surface area contributed by atoms with E-state index in [0.29, 0.717) is 12.2 Å². The van der Waals surface area contributed by atoms with Crippen LogP contribution in [0, 0.1) is 11.2 Å². The molecule has 98 valence electrons. The van der Waals surface area contributed by atoms with Gasteiger partial charge in [0.15, 0.2) is 5.96 Å². The molecular formula is C12H18FN5. The maximum Gasteiger partial charge on any atom is 0.225 e. The van der Waals surface area contributed by atoms with Crippen molar-refractivity contribution < 1.29 is 4.39 Å². The Hall–Kier alpha value is -2.11. The highest BCUT2D eigenvalue weighted by Crippen LogP contribution is 2.21. The molecule has 6 heteroatoms. The summed E-state index contributed by atoms with van der Waals surface area (Å²) in [4.78, 5) is 5.02. The van der Waals surface area contributed by atoms with E-state index in [4.69, 9.17) is 16.9 Å². The molecule has 0 aromatic heterocycles. The monoisotopic (exact) mass is 251 g/mol. The number of rotatable bonds is 3. The smallest absolute Gasteiger partial charge is 0.225 e. The topological polar surface area (TPSA) is 91.5 Å². The van der Waals surface area contributed by atoms with Crippen molar-refractivity contribution in [3.63, 3.8) is 0 Å². The molecule has 0 aliphatic carbocycles. The molecule has 0 atom stereocenters. The summed E-state index contributed by atoms with van der Waals surface area (Å²) in [6.45, 7) is 4.15. The van der Waals surface area contributed by atoms with Gasteiger partial charge in [-0.2, -0.15) is 4.99 Å². The largest absolute Gasteiger partial charge is 0.370 e. The Morgan fingerprint density at radius 2 is 2.06 bits per heavy atom.